The first-order chi connectivity index (χ1) is 7.76. The summed E-state index contributed by atoms with van der Waals surface area (Å²) in [4.78, 5) is 13.8. The summed E-state index contributed by atoms with van der Waals surface area (Å²) in [6, 6.07) is 8.08. The van der Waals surface area contributed by atoms with E-state index in [1.165, 1.54) is 18.2 Å². The SMILES string of the molecule is COC(CN)C(=O)N1Cc2ccccc2C1. The van der Waals surface area contributed by atoms with E-state index in [9.17, 15) is 4.79 Å². The summed E-state index contributed by atoms with van der Waals surface area (Å²) in [5.74, 6) is -0.0267. The number of benzene rings is 1. The minimum atomic E-state index is -0.519. The van der Waals surface area contributed by atoms with Crippen molar-refractivity contribution in [3.8, 4) is 0 Å². The highest BCUT2D eigenvalue weighted by molar-refractivity contribution is 5.81. The Morgan fingerprint density at radius 2 is 2.00 bits per heavy atom. The average Bonchev–Trinajstić information content (AvgIpc) is 2.74. The zero-order valence-electron chi connectivity index (χ0n) is 9.35. The number of fused-ring (bicyclic) bond motifs is 1. The van der Waals surface area contributed by atoms with Gasteiger partial charge in [0.2, 0.25) is 0 Å². The number of rotatable bonds is 3. The topological polar surface area (TPSA) is 55.6 Å². The predicted molar refractivity (Wildman–Crippen MR) is 60.5 cm³/mol. The van der Waals surface area contributed by atoms with E-state index in [2.05, 4.69) is 0 Å². The van der Waals surface area contributed by atoms with Crippen molar-refractivity contribution in [2.75, 3.05) is 13.7 Å². The number of hydrogen-bond acceptors (Lipinski definition) is 3. The Balaban J connectivity index is 2.08. The first kappa shape index (κ1) is 11.1. The van der Waals surface area contributed by atoms with E-state index in [0.29, 0.717) is 13.1 Å². The van der Waals surface area contributed by atoms with Crippen molar-refractivity contribution in [1.82, 2.24) is 4.90 Å². The third-order valence-electron chi connectivity index (χ3n) is 2.93. The van der Waals surface area contributed by atoms with Gasteiger partial charge in [-0.3, -0.25) is 4.79 Å². The molecule has 0 aliphatic carbocycles. The van der Waals surface area contributed by atoms with Crippen LogP contribution in [0.25, 0.3) is 0 Å². The van der Waals surface area contributed by atoms with E-state index in [0.717, 1.165) is 0 Å². The molecule has 1 aliphatic rings. The largest absolute Gasteiger partial charge is 0.370 e. The minimum Gasteiger partial charge on any atom is -0.370 e. The number of carbonyl (C=O) groups excluding carboxylic acids is 1. The van der Waals surface area contributed by atoms with E-state index in [-0.39, 0.29) is 12.5 Å². The standard InChI is InChI=1S/C12H16N2O2/c1-16-11(6-13)12(15)14-7-9-4-2-3-5-10(9)8-14/h2-5,11H,6-8,13H2,1H3. The molecule has 1 aromatic rings. The maximum Gasteiger partial charge on any atom is 0.253 e. The monoisotopic (exact) mass is 220 g/mol. The van der Waals surface area contributed by atoms with Gasteiger partial charge >= 0.3 is 0 Å². The molecule has 1 amide bonds. The Labute approximate surface area is 95.0 Å². The van der Waals surface area contributed by atoms with Gasteiger partial charge < -0.3 is 15.4 Å². The van der Waals surface area contributed by atoms with Crippen LogP contribution in [0.5, 0.6) is 0 Å². The van der Waals surface area contributed by atoms with E-state index < -0.39 is 6.10 Å². The van der Waals surface area contributed by atoms with Gasteiger partial charge in [0.05, 0.1) is 0 Å². The second-order valence-corrected chi connectivity index (χ2v) is 3.92. The van der Waals surface area contributed by atoms with Crippen molar-refractivity contribution in [3.63, 3.8) is 0 Å². The van der Waals surface area contributed by atoms with Crippen LogP contribution >= 0.6 is 0 Å². The van der Waals surface area contributed by atoms with Gasteiger partial charge in [-0.15, -0.1) is 0 Å². The molecule has 0 aromatic heterocycles. The number of nitrogens with zero attached hydrogens (tertiary/aromatic N) is 1. The Bertz CT molecular complexity index is 363. The molecule has 0 spiro atoms. The molecule has 1 aromatic carbocycles. The Hall–Kier alpha value is -1.39. The van der Waals surface area contributed by atoms with Gasteiger partial charge in [-0.1, -0.05) is 24.3 Å². The molecule has 4 heteroatoms. The number of amides is 1. The van der Waals surface area contributed by atoms with E-state index in [1.54, 1.807) is 4.90 Å². The van der Waals surface area contributed by atoms with Gasteiger partial charge in [-0.25, -0.2) is 0 Å². The van der Waals surface area contributed by atoms with Gasteiger partial charge in [0, 0.05) is 26.7 Å². The molecule has 0 saturated carbocycles. The lowest BCUT2D eigenvalue weighted by molar-refractivity contribution is -0.142. The molecule has 16 heavy (non-hydrogen) atoms. The van der Waals surface area contributed by atoms with Crippen LogP contribution in [0.1, 0.15) is 11.1 Å². The molecule has 4 nitrogen and oxygen atoms in total. The van der Waals surface area contributed by atoms with Crippen molar-refractivity contribution < 1.29 is 9.53 Å². The fourth-order valence-corrected chi connectivity index (χ4v) is 1.99. The highest BCUT2D eigenvalue weighted by atomic mass is 16.5. The molecule has 1 unspecified atom stereocenters. The lowest BCUT2D eigenvalue weighted by Crippen LogP contribution is -2.41. The van der Waals surface area contributed by atoms with Gasteiger partial charge in [0.1, 0.15) is 6.10 Å². The van der Waals surface area contributed by atoms with Crippen LogP contribution in [0.2, 0.25) is 0 Å². The van der Waals surface area contributed by atoms with E-state index in [1.807, 2.05) is 24.3 Å². The Morgan fingerprint density at radius 1 is 1.44 bits per heavy atom. The van der Waals surface area contributed by atoms with Gasteiger partial charge in [0.25, 0.3) is 5.91 Å². The Morgan fingerprint density at radius 3 is 2.44 bits per heavy atom. The molecular formula is C12H16N2O2. The van der Waals surface area contributed by atoms with Gasteiger partial charge in [0.15, 0.2) is 0 Å². The van der Waals surface area contributed by atoms with Crippen LogP contribution in [0.3, 0.4) is 0 Å². The Kier molecular flexibility index (Phi) is 3.22. The minimum absolute atomic E-state index is 0.0267. The highest BCUT2D eigenvalue weighted by Crippen LogP contribution is 2.22. The summed E-state index contributed by atoms with van der Waals surface area (Å²) in [6.45, 7) is 1.55. The van der Waals surface area contributed by atoms with E-state index >= 15 is 0 Å². The number of nitrogens with two attached hydrogens (primary N) is 1. The molecule has 2 N–H and O–H groups in total. The molecule has 86 valence electrons. The fourth-order valence-electron chi connectivity index (χ4n) is 1.99. The molecule has 1 aliphatic heterocycles. The molecule has 1 atom stereocenters. The quantitative estimate of drug-likeness (QED) is 0.807. The van der Waals surface area contributed by atoms with Crippen molar-refractivity contribution in [1.29, 1.82) is 0 Å². The molecular weight excluding hydrogens is 204 g/mol. The van der Waals surface area contributed by atoms with E-state index in [4.69, 9.17) is 10.5 Å². The lowest BCUT2D eigenvalue weighted by Gasteiger charge is -2.20. The van der Waals surface area contributed by atoms with Crippen LogP contribution in [0.4, 0.5) is 0 Å². The number of carbonyl (C=O) groups is 1. The van der Waals surface area contributed by atoms with Crippen LogP contribution in [0, 0.1) is 0 Å². The van der Waals surface area contributed by atoms with Crippen molar-refractivity contribution in [3.05, 3.63) is 35.4 Å². The summed E-state index contributed by atoms with van der Waals surface area (Å²) in [7, 11) is 1.51. The average molecular weight is 220 g/mol. The summed E-state index contributed by atoms with van der Waals surface area (Å²) < 4.78 is 5.06. The summed E-state index contributed by atoms with van der Waals surface area (Å²) in [6.07, 6.45) is -0.519. The van der Waals surface area contributed by atoms with Crippen LogP contribution in [0.15, 0.2) is 24.3 Å². The molecule has 2 rings (SSSR count). The summed E-state index contributed by atoms with van der Waals surface area (Å²) in [5.41, 5.74) is 7.91. The van der Waals surface area contributed by atoms with Gasteiger partial charge in [-0.2, -0.15) is 0 Å². The molecule has 0 fully saturated rings. The maximum atomic E-state index is 12.0. The summed E-state index contributed by atoms with van der Waals surface area (Å²) >= 11 is 0. The lowest BCUT2D eigenvalue weighted by atomic mass is 10.1. The van der Waals surface area contributed by atoms with Crippen molar-refractivity contribution in [2.45, 2.75) is 19.2 Å². The number of methoxy groups -OCH3 is 1. The normalized spacial score (nSPS) is 16.0. The third-order valence-corrected chi connectivity index (χ3v) is 2.93. The highest BCUT2D eigenvalue weighted by Gasteiger charge is 2.27. The second-order valence-electron chi connectivity index (χ2n) is 3.92. The molecule has 0 radical (unpaired) electrons. The first-order valence-corrected chi connectivity index (χ1v) is 5.34. The predicted octanol–water partition coefficient (Wildman–Crippen LogP) is 0.503. The van der Waals surface area contributed by atoms with Crippen molar-refractivity contribution in [2.24, 2.45) is 5.73 Å². The number of hydrogen-bond donors (Lipinski definition) is 1. The van der Waals surface area contributed by atoms with Crippen molar-refractivity contribution >= 4 is 5.91 Å². The molecule has 0 bridgehead atoms. The van der Waals surface area contributed by atoms with Crippen LogP contribution in [-0.2, 0) is 22.6 Å². The van der Waals surface area contributed by atoms with Crippen LogP contribution in [-0.4, -0.2) is 30.6 Å². The third kappa shape index (κ3) is 1.94. The fraction of sp³-hybridized carbons (Fsp3) is 0.417. The second kappa shape index (κ2) is 4.63. The first-order valence-electron chi connectivity index (χ1n) is 5.34. The van der Waals surface area contributed by atoms with Crippen LogP contribution < -0.4 is 5.73 Å². The maximum absolute atomic E-state index is 12.0. The van der Waals surface area contributed by atoms with Gasteiger partial charge in [-0.05, 0) is 11.1 Å². The zero-order valence-corrected chi connectivity index (χ0v) is 9.35. The molecule has 1 heterocycles. The smallest absolute Gasteiger partial charge is 0.253 e. The summed E-state index contributed by atoms with van der Waals surface area (Å²) in [5, 5.41) is 0. The molecule has 0 saturated heterocycles. The number of ether oxygens (including phenoxy) is 1. The zero-order chi connectivity index (χ0) is 11.5.